The zero-order valence-corrected chi connectivity index (χ0v) is 11.9. The molecule has 0 aliphatic carbocycles. The first-order valence-electron chi connectivity index (χ1n) is 7.22. The van der Waals surface area contributed by atoms with E-state index in [1.165, 1.54) is 17.7 Å². The molecule has 2 nitrogen and oxygen atoms in total. The summed E-state index contributed by atoms with van der Waals surface area (Å²) in [6.45, 7) is 10.3. The number of rotatable bonds is 6. The van der Waals surface area contributed by atoms with Gasteiger partial charge in [0, 0.05) is 18.2 Å². The summed E-state index contributed by atoms with van der Waals surface area (Å²) in [4.78, 5) is 0. The number of benzene rings is 1. The minimum atomic E-state index is 0.683. The molecule has 0 fully saturated rings. The highest BCUT2D eigenvalue weighted by Crippen LogP contribution is 2.32. The second-order valence-corrected chi connectivity index (χ2v) is 5.88. The van der Waals surface area contributed by atoms with Crippen LogP contribution in [0.4, 0.5) is 5.69 Å². The Morgan fingerprint density at radius 2 is 2.06 bits per heavy atom. The normalized spacial score (nSPS) is 19.7. The van der Waals surface area contributed by atoms with Gasteiger partial charge in [0.25, 0.3) is 0 Å². The van der Waals surface area contributed by atoms with E-state index in [1.807, 2.05) is 0 Å². The van der Waals surface area contributed by atoms with Gasteiger partial charge in [-0.05, 0) is 43.0 Å². The molecule has 2 heteroatoms. The summed E-state index contributed by atoms with van der Waals surface area (Å²) in [7, 11) is 0. The van der Waals surface area contributed by atoms with Gasteiger partial charge in [-0.1, -0.05) is 39.0 Å². The van der Waals surface area contributed by atoms with E-state index in [-0.39, 0.29) is 0 Å². The van der Waals surface area contributed by atoms with Gasteiger partial charge >= 0.3 is 0 Å². The van der Waals surface area contributed by atoms with Crippen LogP contribution in [-0.4, -0.2) is 19.6 Å². The minimum absolute atomic E-state index is 0.683. The summed E-state index contributed by atoms with van der Waals surface area (Å²) in [5.41, 5.74) is 2.83. The average molecular weight is 246 g/mol. The first-order chi connectivity index (χ1) is 8.68. The molecule has 1 aromatic rings. The zero-order chi connectivity index (χ0) is 13.0. The summed E-state index contributed by atoms with van der Waals surface area (Å²) in [6, 6.07) is 8.70. The Morgan fingerprint density at radius 3 is 2.83 bits per heavy atom. The van der Waals surface area contributed by atoms with Crippen molar-refractivity contribution in [3.63, 3.8) is 0 Å². The molecule has 2 atom stereocenters. The van der Waals surface area contributed by atoms with Crippen molar-refractivity contribution in [2.45, 2.75) is 33.1 Å². The van der Waals surface area contributed by atoms with Crippen LogP contribution in [0.2, 0.25) is 0 Å². The molecule has 1 aromatic carbocycles. The SMILES string of the molecule is CC(C)C(C)CNCCC1CNc2ccccc21. The van der Waals surface area contributed by atoms with Crippen LogP contribution in [0.15, 0.2) is 24.3 Å². The zero-order valence-electron chi connectivity index (χ0n) is 11.9. The highest BCUT2D eigenvalue weighted by atomic mass is 14.9. The molecule has 0 saturated carbocycles. The van der Waals surface area contributed by atoms with Crippen molar-refractivity contribution in [2.75, 3.05) is 25.0 Å². The Hall–Kier alpha value is -1.02. The lowest BCUT2D eigenvalue weighted by Gasteiger charge is -2.17. The lowest BCUT2D eigenvalue weighted by molar-refractivity contribution is 0.390. The fourth-order valence-electron chi connectivity index (χ4n) is 2.46. The molecule has 0 saturated heterocycles. The van der Waals surface area contributed by atoms with Gasteiger partial charge in [0.15, 0.2) is 0 Å². The second kappa shape index (κ2) is 6.24. The Morgan fingerprint density at radius 1 is 1.28 bits per heavy atom. The summed E-state index contributed by atoms with van der Waals surface area (Å²) in [5, 5.41) is 7.09. The van der Waals surface area contributed by atoms with Crippen LogP contribution in [0, 0.1) is 11.8 Å². The number of hydrogen-bond donors (Lipinski definition) is 2. The van der Waals surface area contributed by atoms with Crippen LogP contribution < -0.4 is 10.6 Å². The summed E-state index contributed by atoms with van der Waals surface area (Å²) >= 11 is 0. The first kappa shape index (κ1) is 13.4. The standard InChI is InChI=1S/C16H26N2/c1-12(2)13(3)10-17-9-8-14-11-18-16-7-5-4-6-15(14)16/h4-7,12-14,17-18H,8-11H2,1-3H3. The van der Waals surface area contributed by atoms with E-state index in [4.69, 9.17) is 0 Å². The van der Waals surface area contributed by atoms with Gasteiger partial charge in [0.2, 0.25) is 0 Å². The van der Waals surface area contributed by atoms with Crippen LogP contribution in [-0.2, 0) is 0 Å². The molecule has 0 spiro atoms. The van der Waals surface area contributed by atoms with Crippen molar-refractivity contribution < 1.29 is 0 Å². The van der Waals surface area contributed by atoms with Crippen molar-refractivity contribution in [2.24, 2.45) is 11.8 Å². The van der Waals surface area contributed by atoms with Crippen molar-refractivity contribution in [3.05, 3.63) is 29.8 Å². The molecular weight excluding hydrogens is 220 g/mol. The monoisotopic (exact) mass is 246 g/mol. The quantitative estimate of drug-likeness (QED) is 0.751. The number of fused-ring (bicyclic) bond motifs is 1. The molecule has 0 bridgehead atoms. The van der Waals surface area contributed by atoms with Crippen LogP contribution >= 0.6 is 0 Å². The third kappa shape index (κ3) is 3.26. The summed E-state index contributed by atoms with van der Waals surface area (Å²) in [5.74, 6) is 2.22. The molecule has 100 valence electrons. The van der Waals surface area contributed by atoms with Gasteiger partial charge in [0.1, 0.15) is 0 Å². The van der Waals surface area contributed by atoms with E-state index in [0.717, 1.165) is 31.5 Å². The Balaban J connectivity index is 1.73. The van der Waals surface area contributed by atoms with Crippen molar-refractivity contribution in [1.29, 1.82) is 0 Å². The Bertz CT molecular complexity index is 373. The molecule has 1 aliphatic rings. The number of anilines is 1. The van der Waals surface area contributed by atoms with Crippen LogP contribution in [0.3, 0.4) is 0 Å². The second-order valence-electron chi connectivity index (χ2n) is 5.88. The van der Waals surface area contributed by atoms with Crippen LogP contribution in [0.25, 0.3) is 0 Å². The Kier molecular flexibility index (Phi) is 4.65. The molecule has 0 radical (unpaired) electrons. The van der Waals surface area contributed by atoms with E-state index in [0.29, 0.717) is 5.92 Å². The van der Waals surface area contributed by atoms with Gasteiger partial charge in [-0.2, -0.15) is 0 Å². The van der Waals surface area contributed by atoms with E-state index in [2.05, 4.69) is 55.7 Å². The molecule has 2 rings (SSSR count). The van der Waals surface area contributed by atoms with Gasteiger partial charge < -0.3 is 10.6 Å². The highest BCUT2D eigenvalue weighted by Gasteiger charge is 2.20. The van der Waals surface area contributed by atoms with Gasteiger partial charge in [0.05, 0.1) is 0 Å². The van der Waals surface area contributed by atoms with Crippen LogP contribution in [0.1, 0.15) is 38.7 Å². The van der Waals surface area contributed by atoms with Crippen molar-refractivity contribution in [3.8, 4) is 0 Å². The molecule has 2 N–H and O–H groups in total. The van der Waals surface area contributed by atoms with Crippen molar-refractivity contribution in [1.82, 2.24) is 5.32 Å². The van der Waals surface area contributed by atoms with Gasteiger partial charge in [-0.15, -0.1) is 0 Å². The highest BCUT2D eigenvalue weighted by molar-refractivity contribution is 5.57. The fourth-order valence-corrected chi connectivity index (χ4v) is 2.46. The predicted molar refractivity (Wildman–Crippen MR) is 79.2 cm³/mol. The third-order valence-electron chi connectivity index (χ3n) is 4.21. The number of para-hydroxylation sites is 1. The molecule has 1 aliphatic heterocycles. The summed E-state index contributed by atoms with van der Waals surface area (Å²) < 4.78 is 0. The van der Waals surface area contributed by atoms with Crippen LogP contribution in [0.5, 0.6) is 0 Å². The van der Waals surface area contributed by atoms with E-state index < -0.39 is 0 Å². The Labute approximate surface area is 111 Å². The average Bonchev–Trinajstić information content (AvgIpc) is 2.77. The predicted octanol–water partition coefficient (Wildman–Crippen LogP) is 3.47. The molecule has 2 unspecified atom stereocenters. The third-order valence-corrected chi connectivity index (χ3v) is 4.21. The molecular formula is C16H26N2. The minimum Gasteiger partial charge on any atom is -0.384 e. The van der Waals surface area contributed by atoms with E-state index in [9.17, 15) is 0 Å². The maximum atomic E-state index is 3.60. The first-order valence-corrected chi connectivity index (χ1v) is 7.22. The van der Waals surface area contributed by atoms with E-state index >= 15 is 0 Å². The van der Waals surface area contributed by atoms with Gasteiger partial charge in [-0.3, -0.25) is 0 Å². The topological polar surface area (TPSA) is 24.1 Å². The molecule has 18 heavy (non-hydrogen) atoms. The maximum Gasteiger partial charge on any atom is 0.0376 e. The summed E-state index contributed by atoms with van der Waals surface area (Å²) in [6.07, 6.45) is 1.23. The molecule has 0 amide bonds. The molecule has 0 aromatic heterocycles. The lowest BCUT2D eigenvalue weighted by atomic mass is 9.96. The largest absolute Gasteiger partial charge is 0.384 e. The van der Waals surface area contributed by atoms with Crippen molar-refractivity contribution >= 4 is 5.69 Å². The van der Waals surface area contributed by atoms with E-state index in [1.54, 1.807) is 0 Å². The lowest BCUT2D eigenvalue weighted by Crippen LogP contribution is -2.26. The van der Waals surface area contributed by atoms with Gasteiger partial charge in [-0.25, -0.2) is 0 Å². The number of nitrogens with one attached hydrogen (secondary N) is 2. The maximum absolute atomic E-state index is 3.60. The number of hydrogen-bond acceptors (Lipinski definition) is 2. The smallest absolute Gasteiger partial charge is 0.0376 e. The molecule has 1 heterocycles. The fraction of sp³-hybridized carbons (Fsp3) is 0.625.